The molecule has 29 heavy (non-hydrogen) atoms. The van der Waals surface area contributed by atoms with Crippen LogP contribution in [0.25, 0.3) is 0 Å². The average Bonchev–Trinajstić information content (AvgIpc) is 2.74. The maximum Gasteiger partial charge on any atom is 0.255 e. The molecular weight excluding hydrogens is 369 g/mol. The zero-order chi connectivity index (χ0) is 20.8. The lowest BCUT2D eigenvalue weighted by Gasteiger charge is -2.35. The third-order valence-electron chi connectivity index (χ3n) is 5.30. The van der Waals surface area contributed by atoms with E-state index in [2.05, 4.69) is 17.1 Å². The number of carbonyl (C=O) groups is 2. The predicted octanol–water partition coefficient (Wildman–Crippen LogP) is 3.71. The molecule has 0 bridgehead atoms. The van der Waals surface area contributed by atoms with Gasteiger partial charge < -0.3 is 15.1 Å². The molecular formula is C23H28FN3O2. The SMILES string of the molecule is CCCN(C)C(=O)c1ccccc1N1CCC(NC(=O)c2cccc(F)c2)CC1. The number of benzene rings is 2. The summed E-state index contributed by atoms with van der Waals surface area (Å²) in [5.41, 5.74) is 1.99. The van der Waals surface area contributed by atoms with Crippen LogP contribution in [0.2, 0.25) is 0 Å². The Morgan fingerprint density at radius 3 is 2.55 bits per heavy atom. The first-order chi connectivity index (χ1) is 14.0. The van der Waals surface area contributed by atoms with Gasteiger partial charge in [0, 0.05) is 44.0 Å². The van der Waals surface area contributed by atoms with Crippen molar-refractivity contribution in [3.8, 4) is 0 Å². The molecule has 0 saturated carbocycles. The standard InChI is InChI=1S/C23H28FN3O2/c1-3-13-26(2)23(29)20-9-4-5-10-21(20)27-14-11-19(12-15-27)25-22(28)17-7-6-8-18(24)16-17/h4-10,16,19H,3,11-15H2,1-2H3,(H,25,28). The topological polar surface area (TPSA) is 52.7 Å². The molecule has 5 nitrogen and oxygen atoms in total. The van der Waals surface area contributed by atoms with Crippen molar-refractivity contribution >= 4 is 17.5 Å². The fraction of sp³-hybridized carbons (Fsp3) is 0.391. The number of amides is 2. The summed E-state index contributed by atoms with van der Waals surface area (Å²) < 4.78 is 13.3. The molecule has 1 aliphatic heterocycles. The van der Waals surface area contributed by atoms with Crippen LogP contribution in [0.5, 0.6) is 0 Å². The van der Waals surface area contributed by atoms with Crippen LogP contribution in [-0.4, -0.2) is 49.4 Å². The third-order valence-corrected chi connectivity index (χ3v) is 5.30. The normalized spacial score (nSPS) is 14.5. The van der Waals surface area contributed by atoms with E-state index in [1.807, 2.05) is 31.3 Å². The predicted molar refractivity (Wildman–Crippen MR) is 113 cm³/mol. The Bertz CT molecular complexity index is 863. The van der Waals surface area contributed by atoms with Gasteiger partial charge in [-0.3, -0.25) is 9.59 Å². The molecule has 2 aromatic carbocycles. The van der Waals surface area contributed by atoms with Gasteiger partial charge in [0.05, 0.1) is 5.56 Å². The molecule has 3 rings (SSSR count). The molecule has 0 aromatic heterocycles. The molecule has 1 saturated heterocycles. The van der Waals surface area contributed by atoms with E-state index in [-0.39, 0.29) is 17.9 Å². The van der Waals surface area contributed by atoms with Gasteiger partial charge in [0.25, 0.3) is 11.8 Å². The number of piperidine rings is 1. The second-order valence-corrected chi connectivity index (χ2v) is 7.49. The van der Waals surface area contributed by atoms with Crippen LogP contribution in [-0.2, 0) is 0 Å². The molecule has 2 amide bonds. The Kier molecular flexibility index (Phi) is 6.86. The highest BCUT2D eigenvalue weighted by Gasteiger charge is 2.25. The highest BCUT2D eigenvalue weighted by Crippen LogP contribution is 2.25. The number of nitrogens with zero attached hydrogens (tertiary/aromatic N) is 2. The van der Waals surface area contributed by atoms with Crippen molar-refractivity contribution in [3.63, 3.8) is 0 Å². The molecule has 0 radical (unpaired) electrons. The Morgan fingerprint density at radius 2 is 1.86 bits per heavy atom. The van der Waals surface area contributed by atoms with Crippen LogP contribution in [0, 0.1) is 5.82 Å². The first-order valence-electron chi connectivity index (χ1n) is 10.2. The van der Waals surface area contributed by atoms with Gasteiger partial charge in [0.1, 0.15) is 5.82 Å². The minimum Gasteiger partial charge on any atom is -0.371 e. The molecule has 1 N–H and O–H groups in total. The first-order valence-corrected chi connectivity index (χ1v) is 10.2. The van der Waals surface area contributed by atoms with Gasteiger partial charge in [-0.25, -0.2) is 4.39 Å². The van der Waals surface area contributed by atoms with Crippen molar-refractivity contribution in [1.82, 2.24) is 10.2 Å². The largest absolute Gasteiger partial charge is 0.371 e. The second kappa shape index (κ2) is 9.54. The van der Waals surface area contributed by atoms with Crippen LogP contribution in [0.4, 0.5) is 10.1 Å². The fourth-order valence-corrected chi connectivity index (χ4v) is 3.74. The maximum absolute atomic E-state index is 13.3. The number of hydrogen-bond acceptors (Lipinski definition) is 3. The van der Waals surface area contributed by atoms with Crippen LogP contribution >= 0.6 is 0 Å². The summed E-state index contributed by atoms with van der Waals surface area (Å²) in [6, 6.07) is 13.5. The van der Waals surface area contributed by atoms with Crippen molar-refractivity contribution < 1.29 is 14.0 Å². The van der Waals surface area contributed by atoms with Crippen LogP contribution in [0.15, 0.2) is 48.5 Å². The number of halogens is 1. The van der Waals surface area contributed by atoms with Gasteiger partial charge in [-0.05, 0) is 49.6 Å². The minimum atomic E-state index is -0.415. The van der Waals surface area contributed by atoms with Gasteiger partial charge in [-0.15, -0.1) is 0 Å². The number of rotatable bonds is 6. The number of anilines is 1. The lowest BCUT2D eigenvalue weighted by molar-refractivity contribution is 0.0795. The Morgan fingerprint density at radius 1 is 1.14 bits per heavy atom. The van der Waals surface area contributed by atoms with Gasteiger partial charge >= 0.3 is 0 Å². The van der Waals surface area contributed by atoms with E-state index in [4.69, 9.17) is 0 Å². The Labute approximate surface area is 171 Å². The Hall–Kier alpha value is -2.89. The van der Waals surface area contributed by atoms with E-state index in [0.717, 1.165) is 44.6 Å². The van der Waals surface area contributed by atoms with Crippen LogP contribution < -0.4 is 10.2 Å². The van der Waals surface area contributed by atoms with E-state index >= 15 is 0 Å². The summed E-state index contributed by atoms with van der Waals surface area (Å²) in [4.78, 5) is 29.1. The number of para-hydroxylation sites is 1. The molecule has 6 heteroatoms. The second-order valence-electron chi connectivity index (χ2n) is 7.49. The molecule has 1 fully saturated rings. The van der Waals surface area contributed by atoms with E-state index in [1.165, 1.54) is 18.2 Å². The van der Waals surface area contributed by atoms with Gasteiger partial charge in [0.2, 0.25) is 0 Å². The van der Waals surface area contributed by atoms with Crippen LogP contribution in [0.3, 0.4) is 0 Å². The van der Waals surface area contributed by atoms with Gasteiger partial charge in [-0.1, -0.05) is 25.1 Å². The molecule has 0 unspecified atom stereocenters. The molecule has 0 aliphatic carbocycles. The summed E-state index contributed by atoms with van der Waals surface area (Å²) in [6.07, 6.45) is 2.46. The van der Waals surface area contributed by atoms with E-state index < -0.39 is 5.82 Å². The molecule has 2 aromatic rings. The summed E-state index contributed by atoms with van der Waals surface area (Å²) in [6.45, 7) is 4.27. The number of carbonyl (C=O) groups excluding carboxylic acids is 2. The zero-order valence-electron chi connectivity index (χ0n) is 17.0. The third kappa shape index (κ3) is 5.13. The number of nitrogens with one attached hydrogen (secondary N) is 1. The summed E-state index contributed by atoms with van der Waals surface area (Å²) in [5.74, 6) is -0.634. The number of hydrogen-bond donors (Lipinski definition) is 1. The maximum atomic E-state index is 13.3. The smallest absolute Gasteiger partial charge is 0.255 e. The molecule has 1 heterocycles. The quantitative estimate of drug-likeness (QED) is 0.809. The van der Waals surface area contributed by atoms with E-state index in [1.54, 1.807) is 11.0 Å². The fourth-order valence-electron chi connectivity index (χ4n) is 3.74. The van der Waals surface area contributed by atoms with Gasteiger partial charge in [0.15, 0.2) is 0 Å². The van der Waals surface area contributed by atoms with E-state index in [0.29, 0.717) is 11.1 Å². The zero-order valence-corrected chi connectivity index (χ0v) is 17.0. The molecule has 0 spiro atoms. The van der Waals surface area contributed by atoms with E-state index in [9.17, 15) is 14.0 Å². The highest BCUT2D eigenvalue weighted by atomic mass is 19.1. The monoisotopic (exact) mass is 397 g/mol. The van der Waals surface area contributed by atoms with Crippen molar-refractivity contribution in [2.45, 2.75) is 32.2 Å². The summed E-state index contributed by atoms with van der Waals surface area (Å²) in [5, 5.41) is 3.00. The summed E-state index contributed by atoms with van der Waals surface area (Å²) >= 11 is 0. The molecule has 0 atom stereocenters. The van der Waals surface area contributed by atoms with Gasteiger partial charge in [-0.2, -0.15) is 0 Å². The van der Waals surface area contributed by atoms with Crippen molar-refractivity contribution in [1.29, 1.82) is 0 Å². The van der Waals surface area contributed by atoms with Crippen molar-refractivity contribution in [2.24, 2.45) is 0 Å². The molecule has 154 valence electrons. The lowest BCUT2D eigenvalue weighted by atomic mass is 10.0. The summed E-state index contributed by atoms with van der Waals surface area (Å²) in [7, 11) is 1.83. The molecule has 1 aliphatic rings. The minimum absolute atomic E-state index is 0.0315. The van der Waals surface area contributed by atoms with Crippen molar-refractivity contribution in [2.75, 3.05) is 31.6 Å². The van der Waals surface area contributed by atoms with Crippen LogP contribution in [0.1, 0.15) is 46.9 Å². The Balaban J connectivity index is 1.62. The first kappa shape index (κ1) is 20.8. The highest BCUT2D eigenvalue weighted by molar-refractivity contribution is 5.99. The average molecular weight is 397 g/mol. The lowest BCUT2D eigenvalue weighted by Crippen LogP contribution is -2.45. The van der Waals surface area contributed by atoms with Crippen molar-refractivity contribution in [3.05, 3.63) is 65.5 Å².